The monoisotopic (exact) mass is 324 g/mol. The summed E-state index contributed by atoms with van der Waals surface area (Å²) in [6.45, 7) is 5.83. The Labute approximate surface area is 142 Å². The van der Waals surface area contributed by atoms with E-state index in [2.05, 4.69) is 30.5 Å². The second-order valence-electron chi connectivity index (χ2n) is 6.09. The third-order valence-electron chi connectivity index (χ3n) is 4.32. The first-order valence-electron chi connectivity index (χ1n) is 8.44. The lowest BCUT2D eigenvalue weighted by atomic mass is 10.1. The Morgan fingerprint density at radius 3 is 2.58 bits per heavy atom. The number of para-hydroxylation sites is 1. The van der Waals surface area contributed by atoms with Gasteiger partial charge in [-0.3, -0.25) is 0 Å². The van der Waals surface area contributed by atoms with Crippen molar-refractivity contribution in [2.45, 2.75) is 33.2 Å². The third kappa shape index (κ3) is 3.60. The molecule has 1 N–H and O–H groups in total. The van der Waals surface area contributed by atoms with E-state index < -0.39 is 0 Å². The molecule has 0 fully saturated rings. The molecule has 0 aliphatic carbocycles. The number of rotatable bonds is 7. The van der Waals surface area contributed by atoms with E-state index in [1.54, 1.807) is 0 Å². The van der Waals surface area contributed by atoms with Crippen LogP contribution in [0.4, 0.5) is 0 Å². The van der Waals surface area contributed by atoms with Crippen LogP contribution in [0.5, 0.6) is 5.75 Å². The van der Waals surface area contributed by atoms with Crippen molar-refractivity contribution in [2.75, 3.05) is 13.2 Å². The molecule has 3 rings (SSSR count). The average molecular weight is 324 g/mol. The fraction of sp³-hybridized carbons (Fsp3) is 0.350. The highest BCUT2D eigenvalue weighted by Gasteiger charge is 2.11. The fourth-order valence-corrected chi connectivity index (χ4v) is 2.90. The molecule has 126 valence electrons. The van der Waals surface area contributed by atoms with Crippen molar-refractivity contribution in [3.63, 3.8) is 0 Å². The van der Waals surface area contributed by atoms with Crippen LogP contribution in [-0.2, 0) is 13.0 Å². The van der Waals surface area contributed by atoms with Crippen molar-refractivity contribution in [1.29, 1.82) is 0 Å². The van der Waals surface area contributed by atoms with Crippen molar-refractivity contribution in [3.05, 3.63) is 59.4 Å². The molecule has 4 nitrogen and oxygen atoms in total. The minimum Gasteiger partial charge on any atom is -0.494 e. The molecule has 0 aliphatic heterocycles. The van der Waals surface area contributed by atoms with E-state index in [9.17, 15) is 5.11 Å². The van der Waals surface area contributed by atoms with Crippen molar-refractivity contribution in [1.82, 2.24) is 9.55 Å². The van der Waals surface area contributed by atoms with Crippen LogP contribution in [0.25, 0.3) is 11.0 Å². The predicted octanol–water partition coefficient (Wildman–Crippen LogP) is 3.66. The maximum Gasteiger partial charge on any atom is 0.119 e. The first-order valence-corrected chi connectivity index (χ1v) is 8.44. The van der Waals surface area contributed by atoms with Gasteiger partial charge in [0.15, 0.2) is 0 Å². The molecule has 2 aromatic carbocycles. The number of nitrogens with zero attached hydrogens (tertiary/aromatic N) is 2. The average Bonchev–Trinajstić information content (AvgIpc) is 2.90. The van der Waals surface area contributed by atoms with Gasteiger partial charge >= 0.3 is 0 Å². The van der Waals surface area contributed by atoms with Crippen LogP contribution in [0.3, 0.4) is 0 Å². The smallest absolute Gasteiger partial charge is 0.119 e. The minimum atomic E-state index is 0.113. The van der Waals surface area contributed by atoms with Crippen molar-refractivity contribution < 1.29 is 9.84 Å². The summed E-state index contributed by atoms with van der Waals surface area (Å²) in [4.78, 5) is 4.70. The quantitative estimate of drug-likeness (QED) is 0.675. The Kier molecular flexibility index (Phi) is 5.16. The Hall–Kier alpha value is -2.33. The molecule has 0 amide bonds. The van der Waals surface area contributed by atoms with Crippen LogP contribution in [0.1, 0.15) is 23.4 Å². The van der Waals surface area contributed by atoms with Crippen molar-refractivity contribution in [3.8, 4) is 5.75 Å². The second kappa shape index (κ2) is 7.49. The summed E-state index contributed by atoms with van der Waals surface area (Å²) in [5.74, 6) is 1.84. The zero-order valence-corrected chi connectivity index (χ0v) is 14.3. The van der Waals surface area contributed by atoms with Gasteiger partial charge in [0.2, 0.25) is 0 Å². The summed E-state index contributed by atoms with van der Waals surface area (Å²) < 4.78 is 7.99. The number of imidazole rings is 1. The van der Waals surface area contributed by atoms with Gasteiger partial charge in [-0.15, -0.1) is 0 Å². The van der Waals surface area contributed by atoms with Gasteiger partial charge in [0.1, 0.15) is 11.6 Å². The highest BCUT2D eigenvalue weighted by atomic mass is 16.5. The molecule has 24 heavy (non-hydrogen) atoms. The van der Waals surface area contributed by atoms with Gasteiger partial charge in [0.05, 0.1) is 24.2 Å². The number of aromatic nitrogens is 2. The maximum atomic E-state index is 9.32. The van der Waals surface area contributed by atoms with Gasteiger partial charge in [-0.2, -0.15) is 0 Å². The molecule has 3 aromatic rings. The van der Waals surface area contributed by atoms with E-state index in [0.29, 0.717) is 13.0 Å². The lowest BCUT2D eigenvalue weighted by Gasteiger charge is -2.10. The van der Waals surface area contributed by atoms with Crippen LogP contribution in [0, 0.1) is 13.8 Å². The zero-order chi connectivity index (χ0) is 16.9. The number of benzene rings is 2. The summed E-state index contributed by atoms with van der Waals surface area (Å²) >= 11 is 0. The minimum absolute atomic E-state index is 0.113. The normalized spacial score (nSPS) is 11.1. The number of ether oxygens (including phenoxy) is 1. The van der Waals surface area contributed by atoms with E-state index >= 15 is 0 Å². The van der Waals surface area contributed by atoms with E-state index in [-0.39, 0.29) is 6.61 Å². The summed E-state index contributed by atoms with van der Waals surface area (Å²) in [5, 5.41) is 9.32. The van der Waals surface area contributed by atoms with E-state index in [1.807, 2.05) is 30.3 Å². The molecule has 0 radical (unpaired) electrons. The topological polar surface area (TPSA) is 47.3 Å². The van der Waals surface area contributed by atoms with Gasteiger partial charge in [-0.1, -0.05) is 18.2 Å². The Balaban J connectivity index is 1.74. The number of hydrogen-bond donors (Lipinski definition) is 1. The van der Waals surface area contributed by atoms with E-state index in [0.717, 1.165) is 35.6 Å². The Morgan fingerprint density at radius 1 is 1.08 bits per heavy atom. The van der Waals surface area contributed by atoms with Gasteiger partial charge in [0.25, 0.3) is 0 Å². The molecule has 0 saturated heterocycles. The number of fused-ring (bicyclic) bond motifs is 1. The lowest BCUT2D eigenvalue weighted by molar-refractivity contribution is 0.289. The summed E-state index contributed by atoms with van der Waals surface area (Å²) in [7, 11) is 0. The van der Waals surface area contributed by atoms with Crippen molar-refractivity contribution >= 4 is 11.0 Å². The van der Waals surface area contributed by atoms with Crippen LogP contribution in [-0.4, -0.2) is 27.9 Å². The standard InChI is InChI=1S/C20H24N2O2/c1-15-13-18-19(14-16(15)2)22(20(21-18)9-11-23)10-6-12-24-17-7-4-3-5-8-17/h3-5,7-8,13-14,23H,6,9-12H2,1-2H3. The fourth-order valence-electron chi connectivity index (χ4n) is 2.90. The first-order chi connectivity index (χ1) is 11.7. The maximum absolute atomic E-state index is 9.32. The van der Waals surface area contributed by atoms with Gasteiger partial charge in [-0.25, -0.2) is 4.98 Å². The van der Waals surface area contributed by atoms with Gasteiger partial charge in [-0.05, 0) is 55.7 Å². The van der Waals surface area contributed by atoms with E-state index in [1.165, 1.54) is 11.1 Å². The molecule has 0 spiro atoms. The molecule has 0 atom stereocenters. The molecule has 0 aliphatic rings. The van der Waals surface area contributed by atoms with Gasteiger partial charge < -0.3 is 14.4 Å². The second-order valence-corrected chi connectivity index (χ2v) is 6.09. The molecule has 0 saturated carbocycles. The summed E-state index contributed by atoms with van der Waals surface area (Å²) in [5.41, 5.74) is 4.65. The number of aliphatic hydroxyl groups is 1. The van der Waals surface area contributed by atoms with Gasteiger partial charge in [0, 0.05) is 13.0 Å². The van der Waals surface area contributed by atoms with Crippen LogP contribution < -0.4 is 4.74 Å². The number of aryl methyl sites for hydroxylation is 3. The molecule has 1 heterocycles. The molecule has 0 bridgehead atoms. The zero-order valence-electron chi connectivity index (χ0n) is 14.3. The molecular formula is C20H24N2O2. The lowest BCUT2D eigenvalue weighted by Crippen LogP contribution is -2.09. The molecule has 0 unspecified atom stereocenters. The Morgan fingerprint density at radius 2 is 1.83 bits per heavy atom. The number of hydrogen-bond acceptors (Lipinski definition) is 3. The Bertz CT molecular complexity index is 809. The summed E-state index contributed by atoms with van der Waals surface area (Å²) in [6, 6.07) is 14.2. The number of aliphatic hydroxyl groups excluding tert-OH is 1. The van der Waals surface area contributed by atoms with Crippen LogP contribution in [0.2, 0.25) is 0 Å². The largest absolute Gasteiger partial charge is 0.494 e. The van der Waals surface area contributed by atoms with E-state index in [4.69, 9.17) is 9.72 Å². The van der Waals surface area contributed by atoms with Crippen LogP contribution >= 0.6 is 0 Å². The summed E-state index contributed by atoms with van der Waals surface area (Å²) in [6.07, 6.45) is 1.47. The highest BCUT2D eigenvalue weighted by Crippen LogP contribution is 2.21. The van der Waals surface area contributed by atoms with Crippen molar-refractivity contribution in [2.24, 2.45) is 0 Å². The van der Waals surface area contributed by atoms with Crippen LogP contribution in [0.15, 0.2) is 42.5 Å². The predicted molar refractivity (Wildman–Crippen MR) is 96.6 cm³/mol. The third-order valence-corrected chi connectivity index (χ3v) is 4.32. The SMILES string of the molecule is Cc1cc2nc(CCO)n(CCCOc3ccccc3)c2cc1C. The highest BCUT2D eigenvalue weighted by molar-refractivity contribution is 5.78. The molecule has 4 heteroatoms. The first kappa shape index (κ1) is 16.5. The molecule has 1 aromatic heterocycles. The molecular weight excluding hydrogens is 300 g/mol.